The Morgan fingerprint density at radius 3 is 2.87 bits per heavy atom. The summed E-state index contributed by atoms with van der Waals surface area (Å²) in [7, 11) is 0. The van der Waals surface area contributed by atoms with Gasteiger partial charge in [0, 0.05) is 60.5 Å². The van der Waals surface area contributed by atoms with Gasteiger partial charge in [0.2, 0.25) is 5.95 Å². The van der Waals surface area contributed by atoms with Gasteiger partial charge in [-0.05, 0) is 37.6 Å². The molecule has 1 atom stereocenters. The number of aryl methyl sites for hydroxylation is 1. The summed E-state index contributed by atoms with van der Waals surface area (Å²) in [6, 6.07) is 5.96. The number of hydrogen-bond donors (Lipinski definition) is 1. The van der Waals surface area contributed by atoms with Crippen molar-refractivity contribution in [3.8, 4) is 22.5 Å². The molecular weight excluding hydrogens is 388 g/mol. The van der Waals surface area contributed by atoms with Crippen molar-refractivity contribution in [3.05, 3.63) is 79.9 Å². The van der Waals surface area contributed by atoms with Crippen LogP contribution in [-0.2, 0) is 6.54 Å². The lowest BCUT2D eigenvalue weighted by Gasteiger charge is -2.18. The van der Waals surface area contributed by atoms with Crippen molar-refractivity contribution in [3.63, 3.8) is 0 Å². The largest absolute Gasteiger partial charge is 0.348 e. The summed E-state index contributed by atoms with van der Waals surface area (Å²) in [6.07, 6.45) is 20.1. The zero-order valence-corrected chi connectivity index (χ0v) is 17.1. The SMILES string of the molecule is CCn1cc(-c2ccnc(NC3C=CC(n4ccnc4)=CC3)n2)c(-c2cccnc2)n1. The molecule has 0 spiro atoms. The number of allylic oxidation sites excluding steroid dienone is 2. The third-order valence-electron chi connectivity index (χ3n) is 5.15. The Hall–Kier alpha value is -4.07. The highest BCUT2D eigenvalue weighted by Crippen LogP contribution is 2.30. The Labute approximate surface area is 180 Å². The summed E-state index contributed by atoms with van der Waals surface area (Å²) >= 11 is 0. The van der Waals surface area contributed by atoms with Gasteiger partial charge in [0.15, 0.2) is 0 Å². The number of nitrogens with one attached hydrogen (secondary N) is 1. The van der Waals surface area contributed by atoms with Crippen molar-refractivity contribution in [2.24, 2.45) is 0 Å². The van der Waals surface area contributed by atoms with E-state index in [4.69, 9.17) is 10.1 Å². The molecule has 4 aromatic heterocycles. The quantitative estimate of drug-likeness (QED) is 0.519. The van der Waals surface area contributed by atoms with E-state index in [1.807, 2.05) is 46.0 Å². The lowest BCUT2D eigenvalue weighted by molar-refractivity contribution is 0.662. The molecule has 0 saturated heterocycles. The number of hydrogen-bond acceptors (Lipinski definition) is 6. The topological polar surface area (TPSA) is 86.3 Å². The number of nitrogens with zero attached hydrogens (tertiary/aromatic N) is 7. The maximum atomic E-state index is 4.77. The van der Waals surface area contributed by atoms with Crippen LogP contribution < -0.4 is 5.32 Å². The minimum absolute atomic E-state index is 0.124. The van der Waals surface area contributed by atoms with Crippen LogP contribution in [0.4, 0.5) is 5.95 Å². The van der Waals surface area contributed by atoms with Gasteiger partial charge in [-0.25, -0.2) is 15.0 Å². The molecular formula is C23H22N8. The molecule has 4 aromatic rings. The molecule has 0 amide bonds. The Morgan fingerprint density at radius 1 is 1.16 bits per heavy atom. The summed E-state index contributed by atoms with van der Waals surface area (Å²) in [5.41, 5.74) is 4.72. The van der Waals surface area contributed by atoms with E-state index in [1.165, 1.54) is 0 Å². The minimum atomic E-state index is 0.124. The molecule has 5 rings (SSSR count). The van der Waals surface area contributed by atoms with Crippen LogP contribution in [0.3, 0.4) is 0 Å². The van der Waals surface area contributed by atoms with E-state index in [9.17, 15) is 0 Å². The van der Waals surface area contributed by atoms with E-state index in [-0.39, 0.29) is 6.04 Å². The van der Waals surface area contributed by atoms with Gasteiger partial charge >= 0.3 is 0 Å². The highest BCUT2D eigenvalue weighted by molar-refractivity contribution is 5.78. The first-order valence-corrected chi connectivity index (χ1v) is 10.2. The van der Waals surface area contributed by atoms with Gasteiger partial charge < -0.3 is 9.88 Å². The molecule has 1 N–H and O–H groups in total. The first kappa shape index (κ1) is 18.9. The first-order valence-electron chi connectivity index (χ1n) is 10.2. The van der Waals surface area contributed by atoms with Gasteiger partial charge in [0.1, 0.15) is 5.69 Å². The summed E-state index contributed by atoms with van der Waals surface area (Å²) in [4.78, 5) is 17.5. The van der Waals surface area contributed by atoms with Gasteiger partial charge in [-0.2, -0.15) is 5.10 Å². The highest BCUT2D eigenvalue weighted by atomic mass is 15.3. The second-order valence-electron chi connectivity index (χ2n) is 7.20. The Balaban J connectivity index is 1.38. The standard InChI is InChI=1S/C23H22N8/c1-2-31-15-20(22(29-31)17-4-3-10-24-14-17)21-9-11-26-23(28-21)27-18-5-7-19(8-6-18)30-13-12-25-16-30/h3-5,7-16,18H,2,6H2,1H3,(H,26,27,28). The maximum Gasteiger partial charge on any atom is 0.223 e. The molecule has 0 radical (unpaired) electrons. The van der Waals surface area contributed by atoms with E-state index in [0.29, 0.717) is 5.95 Å². The molecule has 0 aromatic carbocycles. The number of anilines is 1. The van der Waals surface area contributed by atoms with Crippen LogP contribution in [0.15, 0.2) is 79.9 Å². The molecule has 0 aliphatic heterocycles. The van der Waals surface area contributed by atoms with Gasteiger partial charge in [-0.15, -0.1) is 0 Å². The Morgan fingerprint density at radius 2 is 2.13 bits per heavy atom. The fraction of sp³-hybridized carbons (Fsp3) is 0.174. The van der Waals surface area contributed by atoms with E-state index < -0.39 is 0 Å². The van der Waals surface area contributed by atoms with E-state index in [0.717, 1.165) is 41.2 Å². The van der Waals surface area contributed by atoms with Gasteiger partial charge in [0.25, 0.3) is 0 Å². The second kappa shape index (κ2) is 8.35. The van der Waals surface area contributed by atoms with Gasteiger partial charge in [0.05, 0.1) is 18.1 Å². The molecule has 1 aliphatic rings. The van der Waals surface area contributed by atoms with Gasteiger partial charge in [-0.1, -0.05) is 12.2 Å². The fourth-order valence-electron chi connectivity index (χ4n) is 3.55. The molecule has 154 valence electrons. The van der Waals surface area contributed by atoms with E-state index in [2.05, 4.69) is 45.4 Å². The van der Waals surface area contributed by atoms with Crippen molar-refractivity contribution in [2.45, 2.75) is 25.9 Å². The number of imidazole rings is 1. The van der Waals surface area contributed by atoms with Crippen molar-refractivity contribution in [1.82, 2.24) is 34.3 Å². The second-order valence-corrected chi connectivity index (χ2v) is 7.20. The van der Waals surface area contributed by atoms with E-state index in [1.54, 1.807) is 24.9 Å². The third-order valence-corrected chi connectivity index (χ3v) is 5.15. The summed E-state index contributed by atoms with van der Waals surface area (Å²) in [6.45, 7) is 2.85. The predicted molar refractivity (Wildman–Crippen MR) is 120 cm³/mol. The summed E-state index contributed by atoms with van der Waals surface area (Å²) < 4.78 is 3.91. The fourth-order valence-corrected chi connectivity index (χ4v) is 3.55. The number of aromatic nitrogens is 7. The molecule has 4 heterocycles. The number of pyridine rings is 1. The molecule has 8 nitrogen and oxygen atoms in total. The van der Waals surface area contributed by atoms with Crippen molar-refractivity contribution in [2.75, 3.05) is 5.32 Å². The molecule has 0 saturated carbocycles. The van der Waals surface area contributed by atoms with Crippen molar-refractivity contribution >= 4 is 11.6 Å². The van der Waals surface area contributed by atoms with Crippen LogP contribution in [0.1, 0.15) is 13.3 Å². The summed E-state index contributed by atoms with van der Waals surface area (Å²) in [5, 5.41) is 8.14. The number of rotatable bonds is 6. The van der Waals surface area contributed by atoms with Crippen LogP contribution in [0.25, 0.3) is 28.2 Å². The molecule has 8 heteroatoms. The molecule has 0 fully saturated rings. The van der Waals surface area contributed by atoms with Crippen LogP contribution in [0.2, 0.25) is 0 Å². The van der Waals surface area contributed by atoms with Gasteiger partial charge in [-0.3, -0.25) is 9.67 Å². The predicted octanol–water partition coefficient (Wildman–Crippen LogP) is 3.90. The smallest absolute Gasteiger partial charge is 0.223 e. The van der Waals surface area contributed by atoms with E-state index >= 15 is 0 Å². The summed E-state index contributed by atoms with van der Waals surface area (Å²) in [5.74, 6) is 0.591. The van der Waals surface area contributed by atoms with Crippen LogP contribution in [-0.4, -0.2) is 40.3 Å². The average molecular weight is 410 g/mol. The zero-order valence-electron chi connectivity index (χ0n) is 17.1. The minimum Gasteiger partial charge on any atom is -0.348 e. The lowest BCUT2D eigenvalue weighted by atomic mass is 10.1. The molecule has 1 aliphatic carbocycles. The van der Waals surface area contributed by atoms with Crippen LogP contribution in [0.5, 0.6) is 0 Å². The highest BCUT2D eigenvalue weighted by Gasteiger charge is 2.16. The molecule has 1 unspecified atom stereocenters. The first-order chi connectivity index (χ1) is 15.3. The Bertz CT molecular complexity index is 1220. The monoisotopic (exact) mass is 410 g/mol. The van der Waals surface area contributed by atoms with Crippen molar-refractivity contribution < 1.29 is 0 Å². The third kappa shape index (κ3) is 4.00. The maximum absolute atomic E-state index is 4.77. The van der Waals surface area contributed by atoms with Crippen LogP contribution in [0, 0.1) is 0 Å². The zero-order chi connectivity index (χ0) is 21.0. The average Bonchev–Trinajstić information content (AvgIpc) is 3.51. The van der Waals surface area contributed by atoms with Crippen molar-refractivity contribution in [1.29, 1.82) is 0 Å². The molecule has 0 bridgehead atoms. The normalized spacial score (nSPS) is 15.6. The lowest BCUT2D eigenvalue weighted by Crippen LogP contribution is -2.20. The molecule has 31 heavy (non-hydrogen) atoms. The van der Waals surface area contributed by atoms with Crippen LogP contribution >= 0.6 is 0 Å². The Kier molecular flexibility index (Phi) is 5.10.